The van der Waals surface area contributed by atoms with Crippen molar-refractivity contribution in [3.05, 3.63) is 65.0 Å². The second-order valence-electron chi connectivity index (χ2n) is 7.30. The molecule has 8 heteroatoms. The maximum absolute atomic E-state index is 13.6. The Morgan fingerprint density at radius 1 is 1.20 bits per heavy atom. The molecule has 1 atom stereocenters. The first-order chi connectivity index (χ1) is 14.5. The van der Waals surface area contributed by atoms with Crippen LogP contribution in [0.1, 0.15) is 34.5 Å². The smallest absolute Gasteiger partial charge is 0.338 e. The van der Waals surface area contributed by atoms with Gasteiger partial charge in [-0.3, -0.25) is 4.79 Å². The molecule has 2 aromatic rings. The number of piperazine rings is 1. The molecule has 3 amide bonds. The molecule has 0 saturated carbocycles. The van der Waals surface area contributed by atoms with E-state index in [1.54, 1.807) is 42.2 Å². The fraction of sp³-hybridized carbons (Fsp3) is 0.318. The van der Waals surface area contributed by atoms with E-state index >= 15 is 0 Å². The average Bonchev–Trinajstić information content (AvgIpc) is 2.73. The molecule has 2 aromatic carbocycles. The number of carbonyl (C=O) groups excluding carboxylic acids is 3. The maximum atomic E-state index is 13.6. The largest absolute Gasteiger partial charge is 0.462 e. The Kier molecular flexibility index (Phi) is 5.39. The Labute approximate surface area is 173 Å². The second-order valence-corrected chi connectivity index (χ2v) is 7.30. The van der Waals surface area contributed by atoms with Gasteiger partial charge >= 0.3 is 12.0 Å². The summed E-state index contributed by atoms with van der Waals surface area (Å²) in [7, 11) is 0. The van der Waals surface area contributed by atoms with Crippen LogP contribution in [0.3, 0.4) is 0 Å². The van der Waals surface area contributed by atoms with Crippen LogP contribution >= 0.6 is 0 Å². The summed E-state index contributed by atoms with van der Waals surface area (Å²) in [6, 6.07) is 10.3. The van der Waals surface area contributed by atoms with Gasteiger partial charge < -0.3 is 19.9 Å². The van der Waals surface area contributed by atoms with Crippen molar-refractivity contribution in [2.24, 2.45) is 0 Å². The van der Waals surface area contributed by atoms with Gasteiger partial charge in [0.05, 0.1) is 18.2 Å². The quantitative estimate of drug-likeness (QED) is 0.788. The zero-order chi connectivity index (χ0) is 21.3. The Morgan fingerprint density at radius 2 is 1.97 bits per heavy atom. The zero-order valence-corrected chi connectivity index (χ0v) is 16.6. The van der Waals surface area contributed by atoms with Crippen molar-refractivity contribution in [1.29, 1.82) is 0 Å². The van der Waals surface area contributed by atoms with E-state index in [0.29, 0.717) is 30.8 Å². The number of carbonyl (C=O) groups is 3. The number of urea groups is 1. The minimum Gasteiger partial charge on any atom is -0.462 e. The molecule has 1 N–H and O–H groups in total. The van der Waals surface area contributed by atoms with Gasteiger partial charge in [-0.1, -0.05) is 6.07 Å². The Bertz CT molecular complexity index is 992. The van der Waals surface area contributed by atoms with Crippen LogP contribution in [0.15, 0.2) is 42.5 Å². The number of nitrogens with zero attached hydrogens (tertiary/aromatic N) is 2. The summed E-state index contributed by atoms with van der Waals surface area (Å²) in [5, 5.41) is 2.76. The number of benzene rings is 2. The minimum absolute atomic E-state index is 0.0141. The van der Waals surface area contributed by atoms with Crippen LogP contribution in [-0.2, 0) is 16.0 Å². The van der Waals surface area contributed by atoms with Crippen LogP contribution in [0.5, 0.6) is 0 Å². The molecule has 0 aromatic heterocycles. The van der Waals surface area contributed by atoms with Crippen molar-refractivity contribution < 1.29 is 23.5 Å². The highest BCUT2D eigenvalue weighted by atomic mass is 19.1. The number of anilines is 1. The first kappa shape index (κ1) is 19.9. The number of esters is 1. The molecule has 0 bridgehead atoms. The van der Waals surface area contributed by atoms with Gasteiger partial charge in [0, 0.05) is 18.8 Å². The predicted molar refractivity (Wildman–Crippen MR) is 108 cm³/mol. The summed E-state index contributed by atoms with van der Waals surface area (Å²) in [5.41, 5.74) is 2.66. The number of fused-ring (bicyclic) bond motifs is 3. The Hall–Kier alpha value is -3.42. The molecule has 7 nitrogen and oxygen atoms in total. The van der Waals surface area contributed by atoms with Crippen LogP contribution < -0.4 is 5.32 Å². The van der Waals surface area contributed by atoms with Crippen LogP contribution in [0.2, 0.25) is 0 Å². The predicted octanol–water partition coefficient (Wildman–Crippen LogP) is 2.98. The zero-order valence-electron chi connectivity index (χ0n) is 16.6. The summed E-state index contributed by atoms with van der Waals surface area (Å²) < 4.78 is 18.5. The lowest BCUT2D eigenvalue weighted by molar-refractivity contribution is -0.139. The fourth-order valence-electron chi connectivity index (χ4n) is 3.96. The van der Waals surface area contributed by atoms with E-state index in [2.05, 4.69) is 5.32 Å². The van der Waals surface area contributed by atoms with Gasteiger partial charge in [-0.25, -0.2) is 14.0 Å². The second kappa shape index (κ2) is 8.14. The van der Waals surface area contributed by atoms with Gasteiger partial charge in [0.15, 0.2) is 0 Å². The van der Waals surface area contributed by atoms with Gasteiger partial charge in [0.2, 0.25) is 5.91 Å². The van der Waals surface area contributed by atoms with E-state index in [1.165, 1.54) is 17.0 Å². The molecule has 0 aliphatic carbocycles. The number of nitrogens with one attached hydrogen (secondary N) is 1. The SMILES string of the molecule is CCOC(=O)c1ccc(NC(=O)N2CC(=O)N3CCc4cc(F)ccc4C3C2)cc1. The molecule has 0 radical (unpaired) electrons. The lowest BCUT2D eigenvalue weighted by atomic mass is 9.90. The number of amides is 3. The van der Waals surface area contributed by atoms with Crippen LogP contribution in [0.4, 0.5) is 14.9 Å². The highest BCUT2D eigenvalue weighted by Crippen LogP contribution is 2.33. The molecule has 2 heterocycles. The van der Waals surface area contributed by atoms with Crippen molar-refractivity contribution in [3.8, 4) is 0 Å². The van der Waals surface area contributed by atoms with Crippen molar-refractivity contribution in [2.75, 3.05) is 31.6 Å². The van der Waals surface area contributed by atoms with Crippen molar-refractivity contribution in [1.82, 2.24) is 9.80 Å². The lowest BCUT2D eigenvalue weighted by Gasteiger charge is -2.44. The molecule has 1 fully saturated rings. The van der Waals surface area contributed by atoms with E-state index in [1.807, 2.05) is 0 Å². The van der Waals surface area contributed by atoms with Gasteiger partial charge in [0.1, 0.15) is 12.4 Å². The molecule has 30 heavy (non-hydrogen) atoms. The summed E-state index contributed by atoms with van der Waals surface area (Å²) in [4.78, 5) is 40.4. The number of hydrogen-bond donors (Lipinski definition) is 1. The summed E-state index contributed by atoms with van der Waals surface area (Å²) in [6.45, 7) is 2.85. The summed E-state index contributed by atoms with van der Waals surface area (Å²) >= 11 is 0. The van der Waals surface area contributed by atoms with E-state index in [4.69, 9.17) is 4.74 Å². The standard InChI is InChI=1S/C22H22FN3O4/c1-2-30-21(28)14-3-6-17(7-4-14)24-22(29)25-12-19-18-8-5-16(23)11-15(18)9-10-26(19)20(27)13-25/h3-8,11,19H,2,9-10,12-13H2,1H3,(H,24,29). The van der Waals surface area contributed by atoms with Gasteiger partial charge in [-0.05, 0) is 60.9 Å². The molecule has 156 valence electrons. The van der Waals surface area contributed by atoms with Crippen molar-refractivity contribution in [2.45, 2.75) is 19.4 Å². The maximum Gasteiger partial charge on any atom is 0.338 e. The molecule has 2 aliphatic rings. The normalized spacial score (nSPS) is 17.8. The highest BCUT2D eigenvalue weighted by Gasteiger charge is 2.38. The van der Waals surface area contributed by atoms with Crippen molar-refractivity contribution in [3.63, 3.8) is 0 Å². The van der Waals surface area contributed by atoms with E-state index in [0.717, 1.165) is 11.1 Å². The van der Waals surface area contributed by atoms with E-state index in [9.17, 15) is 18.8 Å². The third-order valence-electron chi connectivity index (χ3n) is 5.44. The van der Waals surface area contributed by atoms with Crippen LogP contribution in [-0.4, -0.2) is 53.9 Å². The van der Waals surface area contributed by atoms with Gasteiger partial charge in [-0.2, -0.15) is 0 Å². The van der Waals surface area contributed by atoms with Crippen molar-refractivity contribution >= 4 is 23.6 Å². The molecule has 1 saturated heterocycles. The minimum atomic E-state index is -0.426. The number of ether oxygens (including phenoxy) is 1. The first-order valence-corrected chi connectivity index (χ1v) is 9.87. The summed E-state index contributed by atoms with van der Waals surface area (Å²) in [5.74, 6) is -0.858. The number of rotatable bonds is 3. The number of hydrogen-bond acceptors (Lipinski definition) is 4. The molecular weight excluding hydrogens is 389 g/mol. The monoisotopic (exact) mass is 411 g/mol. The van der Waals surface area contributed by atoms with E-state index < -0.39 is 12.0 Å². The van der Waals surface area contributed by atoms with Gasteiger partial charge in [-0.15, -0.1) is 0 Å². The molecular formula is C22H22FN3O4. The van der Waals surface area contributed by atoms with E-state index in [-0.39, 0.29) is 30.9 Å². The Morgan fingerprint density at radius 3 is 2.70 bits per heavy atom. The Balaban J connectivity index is 1.47. The fourth-order valence-corrected chi connectivity index (χ4v) is 3.96. The molecule has 1 unspecified atom stereocenters. The lowest BCUT2D eigenvalue weighted by Crippen LogP contribution is -2.56. The van der Waals surface area contributed by atoms with Crippen LogP contribution in [0.25, 0.3) is 0 Å². The summed E-state index contributed by atoms with van der Waals surface area (Å²) in [6.07, 6.45) is 0.606. The number of halogens is 1. The first-order valence-electron chi connectivity index (χ1n) is 9.87. The topological polar surface area (TPSA) is 79.0 Å². The third kappa shape index (κ3) is 3.85. The highest BCUT2D eigenvalue weighted by molar-refractivity contribution is 5.94. The van der Waals surface area contributed by atoms with Gasteiger partial charge in [0.25, 0.3) is 0 Å². The molecule has 2 aliphatic heterocycles. The van der Waals surface area contributed by atoms with Crippen LogP contribution in [0, 0.1) is 5.82 Å². The third-order valence-corrected chi connectivity index (χ3v) is 5.44. The molecule has 0 spiro atoms. The molecule has 4 rings (SSSR count). The average molecular weight is 411 g/mol.